The average molecular weight is 794 g/mol. The van der Waals surface area contributed by atoms with Gasteiger partial charge in [-0.25, -0.2) is 9.97 Å². The maximum absolute atomic E-state index is 5.25. The first-order valence-corrected chi connectivity index (χ1v) is 21.6. The lowest BCUT2D eigenvalue weighted by atomic mass is 9.67. The number of fused-ring (bicyclic) bond motifs is 14. The molecule has 11 aromatic rings. The Morgan fingerprint density at radius 3 is 1.74 bits per heavy atom. The summed E-state index contributed by atoms with van der Waals surface area (Å²) in [6.45, 7) is 0. The summed E-state index contributed by atoms with van der Waals surface area (Å²) in [6, 6.07) is 77.1. The lowest BCUT2D eigenvalue weighted by Crippen LogP contribution is -2.32. The predicted molar refractivity (Wildman–Crippen MR) is 252 cm³/mol. The summed E-state index contributed by atoms with van der Waals surface area (Å²) in [5.41, 5.74) is 16.0. The minimum atomic E-state index is -0.440. The van der Waals surface area contributed by atoms with Crippen LogP contribution in [0.15, 0.2) is 222 Å². The van der Waals surface area contributed by atoms with E-state index in [0.29, 0.717) is 5.82 Å². The first kappa shape index (κ1) is 34.3. The van der Waals surface area contributed by atoms with Crippen molar-refractivity contribution in [3.05, 3.63) is 235 Å². The molecule has 2 aliphatic rings. The van der Waals surface area contributed by atoms with Crippen molar-refractivity contribution in [1.82, 2.24) is 14.5 Å². The van der Waals surface area contributed by atoms with Crippen LogP contribution in [0.25, 0.3) is 83.3 Å². The molecule has 2 aromatic heterocycles. The van der Waals surface area contributed by atoms with Crippen molar-refractivity contribution in [2.75, 3.05) is 0 Å². The van der Waals surface area contributed by atoms with E-state index in [1.165, 1.54) is 65.0 Å². The highest BCUT2D eigenvalue weighted by molar-refractivity contribution is 7.99. The summed E-state index contributed by atoms with van der Waals surface area (Å²) in [5, 5.41) is 4.84. The van der Waals surface area contributed by atoms with Gasteiger partial charge in [-0.15, -0.1) is 0 Å². The molecule has 0 N–H and O–H groups in total. The van der Waals surface area contributed by atoms with Gasteiger partial charge in [0.15, 0.2) is 5.82 Å². The van der Waals surface area contributed by atoms with Gasteiger partial charge in [0.05, 0.1) is 33.5 Å². The molecule has 1 aliphatic heterocycles. The van der Waals surface area contributed by atoms with Crippen molar-refractivity contribution < 1.29 is 0 Å². The molecule has 9 aromatic carbocycles. The van der Waals surface area contributed by atoms with Crippen LogP contribution < -0.4 is 0 Å². The van der Waals surface area contributed by atoms with Crippen molar-refractivity contribution in [2.24, 2.45) is 0 Å². The molecule has 0 radical (unpaired) electrons. The highest BCUT2D eigenvalue weighted by atomic mass is 32.2. The fraction of sp³-hybridized carbons (Fsp3) is 0.0175. The Labute approximate surface area is 357 Å². The lowest BCUT2D eigenvalue weighted by Gasteiger charge is -2.40. The molecule has 0 saturated carbocycles. The van der Waals surface area contributed by atoms with Crippen LogP contribution in [0.1, 0.15) is 22.3 Å². The maximum Gasteiger partial charge on any atom is 0.160 e. The molecule has 3 heterocycles. The molecule has 0 atom stereocenters. The quantitative estimate of drug-likeness (QED) is 0.178. The third-order valence-electron chi connectivity index (χ3n) is 12.9. The molecule has 4 heteroatoms. The third kappa shape index (κ3) is 4.88. The number of benzene rings is 9. The van der Waals surface area contributed by atoms with Crippen LogP contribution in [-0.2, 0) is 5.41 Å². The monoisotopic (exact) mass is 793 g/mol. The fourth-order valence-electron chi connectivity index (χ4n) is 10.4. The van der Waals surface area contributed by atoms with E-state index in [-0.39, 0.29) is 0 Å². The van der Waals surface area contributed by atoms with E-state index < -0.39 is 5.41 Å². The van der Waals surface area contributed by atoms with Crippen LogP contribution >= 0.6 is 11.8 Å². The van der Waals surface area contributed by atoms with Gasteiger partial charge in [-0.05, 0) is 69.1 Å². The summed E-state index contributed by atoms with van der Waals surface area (Å²) in [4.78, 5) is 13.0. The highest BCUT2D eigenvalue weighted by Crippen LogP contribution is 2.63. The van der Waals surface area contributed by atoms with Crippen LogP contribution in [0.5, 0.6) is 0 Å². The van der Waals surface area contributed by atoms with Gasteiger partial charge < -0.3 is 4.57 Å². The van der Waals surface area contributed by atoms with Gasteiger partial charge in [-0.2, -0.15) is 0 Å². The molecule has 0 fully saturated rings. The molecule has 0 saturated heterocycles. The minimum Gasteiger partial charge on any atom is -0.309 e. The van der Waals surface area contributed by atoms with Crippen LogP contribution in [-0.4, -0.2) is 14.5 Å². The van der Waals surface area contributed by atoms with Crippen LogP contribution in [0.4, 0.5) is 0 Å². The molecule has 3 nitrogen and oxygen atoms in total. The number of aromatic nitrogens is 3. The second-order valence-electron chi connectivity index (χ2n) is 16.0. The van der Waals surface area contributed by atoms with Crippen LogP contribution in [0.3, 0.4) is 0 Å². The van der Waals surface area contributed by atoms with Crippen molar-refractivity contribution >= 4 is 44.3 Å². The second kappa shape index (κ2) is 13.2. The molecule has 13 rings (SSSR count). The smallest absolute Gasteiger partial charge is 0.160 e. The minimum absolute atomic E-state index is 0.440. The molecule has 284 valence electrons. The Hall–Kier alpha value is -7.53. The van der Waals surface area contributed by atoms with Crippen molar-refractivity contribution in [1.29, 1.82) is 0 Å². The zero-order chi connectivity index (χ0) is 40.1. The van der Waals surface area contributed by atoms with E-state index in [9.17, 15) is 0 Å². The van der Waals surface area contributed by atoms with Gasteiger partial charge >= 0.3 is 0 Å². The zero-order valence-corrected chi connectivity index (χ0v) is 33.8. The molecule has 1 aliphatic carbocycles. The molecular formula is C57H35N3S. The van der Waals surface area contributed by atoms with E-state index in [1.54, 1.807) is 0 Å². The summed E-state index contributed by atoms with van der Waals surface area (Å²) in [6.07, 6.45) is 0. The number of hydrogen-bond acceptors (Lipinski definition) is 3. The Balaban J connectivity index is 1.07. The van der Waals surface area contributed by atoms with Gasteiger partial charge in [0.25, 0.3) is 0 Å². The summed E-state index contributed by atoms with van der Waals surface area (Å²) in [7, 11) is 0. The van der Waals surface area contributed by atoms with E-state index in [2.05, 4.69) is 193 Å². The first-order valence-electron chi connectivity index (χ1n) is 20.8. The molecule has 0 bridgehead atoms. The van der Waals surface area contributed by atoms with Crippen LogP contribution in [0.2, 0.25) is 0 Å². The maximum atomic E-state index is 5.25. The number of rotatable bonds is 4. The van der Waals surface area contributed by atoms with Crippen molar-refractivity contribution in [2.45, 2.75) is 15.2 Å². The van der Waals surface area contributed by atoms with Gasteiger partial charge in [0.1, 0.15) is 0 Å². The fourth-order valence-corrected chi connectivity index (χ4v) is 11.7. The average Bonchev–Trinajstić information content (AvgIpc) is 3.83. The van der Waals surface area contributed by atoms with Crippen molar-refractivity contribution in [3.63, 3.8) is 0 Å². The summed E-state index contributed by atoms with van der Waals surface area (Å²) >= 11 is 1.92. The second-order valence-corrected chi connectivity index (χ2v) is 17.1. The van der Waals surface area contributed by atoms with E-state index in [1.807, 2.05) is 36.0 Å². The zero-order valence-electron chi connectivity index (χ0n) is 33.0. The van der Waals surface area contributed by atoms with Gasteiger partial charge in [-0.3, -0.25) is 0 Å². The highest BCUT2D eigenvalue weighted by Gasteiger charge is 2.50. The summed E-state index contributed by atoms with van der Waals surface area (Å²) < 4.78 is 2.49. The largest absolute Gasteiger partial charge is 0.309 e. The van der Waals surface area contributed by atoms with Crippen molar-refractivity contribution in [3.8, 4) is 50.7 Å². The Morgan fingerprint density at radius 2 is 0.984 bits per heavy atom. The molecular weight excluding hydrogens is 759 g/mol. The summed E-state index contributed by atoms with van der Waals surface area (Å²) in [5.74, 6) is 0.710. The van der Waals surface area contributed by atoms with Gasteiger partial charge in [0.2, 0.25) is 0 Å². The van der Waals surface area contributed by atoms with E-state index in [0.717, 1.165) is 44.5 Å². The molecule has 0 unspecified atom stereocenters. The lowest BCUT2D eigenvalue weighted by molar-refractivity contribution is 0.726. The van der Waals surface area contributed by atoms with Gasteiger partial charge in [-0.1, -0.05) is 194 Å². The SMILES string of the molecule is c1ccc(-c2cc(-c3ccc(-n4c5ccccc5c5c6c(ccc54)C4(c5ccccc5S6)c5ccccc5-c5ccccc54)c4ccccc34)nc(-c3ccccc3)n2)cc1. The molecule has 1 spiro atoms. The Morgan fingerprint density at radius 1 is 0.393 bits per heavy atom. The van der Waals surface area contributed by atoms with E-state index >= 15 is 0 Å². The molecule has 0 amide bonds. The first-order chi connectivity index (χ1) is 30.3. The number of para-hydroxylation sites is 1. The number of hydrogen-bond donors (Lipinski definition) is 0. The standard InChI is InChI=1S/C57H35N3S/c1-3-17-36(18-4-1)48-35-49(59-56(58-48)37-19-5-2-6-20-37)41-31-33-51(42-24-8-7-21-38(41)42)60-50-29-15-11-25-43(50)54-52(60)34-32-47-55(54)61-53-30-16-14-28-46(53)57(47)44-26-12-9-22-39(44)40-23-10-13-27-45(40)57/h1-35H. The number of nitrogens with zero attached hydrogens (tertiary/aromatic N) is 3. The molecule has 61 heavy (non-hydrogen) atoms. The Bertz CT molecular complexity index is 3470. The third-order valence-corrected chi connectivity index (χ3v) is 14.1. The predicted octanol–water partition coefficient (Wildman–Crippen LogP) is 14.6. The normalized spacial score (nSPS) is 13.3. The Kier molecular flexibility index (Phi) is 7.45. The van der Waals surface area contributed by atoms with E-state index in [4.69, 9.17) is 9.97 Å². The van der Waals surface area contributed by atoms with Crippen LogP contribution in [0, 0.1) is 0 Å². The topological polar surface area (TPSA) is 30.7 Å². The van der Waals surface area contributed by atoms with Gasteiger partial charge in [0, 0.05) is 42.6 Å².